The monoisotopic (exact) mass is 231 g/mol. The predicted octanol–water partition coefficient (Wildman–Crippen LogP) is 0.881. The molecule has 5 nitrogen and oxygen atoms in total. The second-order valence-corrected chi connectivity index (χ2v) is 3.11. The summed E-state index contributed by atoms with van der Waals surface area (Å²) in [5, 5.41) is 7.02. The lowest BCUT2D eigenvalue weighted by Gasteiger charge is -2.19. The first-order valence-corrected chi connectivity index (χ1v) is 4.66. The molecule has 84 valence electrons. The zero-order chi connectivity index (χ0) is 9.80. The minimum Gasteiger partial charge on any atom is -0.366 e. The van der Waals surface area contributed by atoms with E-state index in [2.05, 4.69) is 22.0 Å². The maximum atomic E-state index is 5.47. The number of halogens is 1. The number of nitrogens with one attached hydrogen (secondary N) is 1. The molecule has 1 aromatic rings. The van der Waals surface area contributed by atoms with Crippen molar-refractivity contribution in [3.8, 4) is 0 Å². The molecule has 1 saturated heterocycles. The van der Waals surface area contributed by atoms with Crippen molar-refractivity contribution >= 4 is 12.4 Å². The number of hydrogen-bond acceptors (Lipinski definition) is 5. The molecule has 0 spiro atoms. The average Bonchev–Trinajstić information content (AvgIpc) is 2.68. The van der Waals surface area contributed by atoms with Crippen molar-refractivity contribution in [1.82, 2.24) is 15.5 Å². The van der Waals surface area contributed by atoms with Gasteiger partial charge < -0.3 is 14.6 Å². The maximum absolute atomic E-state index is 5.47. The third-order valence-electron chi connectivity index (χ3n) is 2.01. The van der Waals surface area contributed by atoms with Gasteiger partial charge in [-0.15, -0.1) is 19.0 Å². The normalized spacial score (nSPS) is 20.7. The first kappa shape index (κ1) is 12.2. The van der Waals surface area contributed by atoms with E-state index in [1.165, 1.54) is 0 Å². The van der Waals surface area contributed by atoms with Crippen LogP contribution in [0.3, 0.4) is 0 Å². The van der Waals surface area contributed by atoms with Crippen molar-refractivity contribution < 1.29 is 9.26 Å². The molecule has 1 aliphatic rings. The first-order valence-electron chi connectivity index (χ1n) is 4.66. The van der Waals surface area contributed by atoms with Gasteiger partial charge in [0.1, 0.15) is 6.10 Å². The van der Waals surface area contributed by atoms with Crippen LogP contribution in [0, 0.1) is 0 Å². The molecular formula is C9H14ClN3O2. The molecule has 0 aromatic carbocycles. The Balaban J connectivity index is 0.00000112. The summed E-state index contributed by atoms with van der Waals surface area (Å²) >= 11 is 0. The summed E-state index contributed by atoms with van der Waals surface area (Å²) in [5.41, 5.74) is 0. The highest BCUT2D eigenvalue weighted by Crippen LogP contribution is 2.16. The zero-order valence-electron chi connectivity index (χ0n) is 8.31. The summed E-state index contributed by atoms with van der Waals surface area (Å²) in [6.07, 6.45) is 2.27. The standard InChI is InChI=1S/C9H13N3O2.ClH/c1-2-3-8-11-9(14-12-8)7-6-10-4-5-13-7;/h2,7,10H,1,3-6H2;1H. The van der Waals surface area contributed by atoms with E-state index in [4.69, 9.17) is 9.26 Å². The quantitative estimate of drug-likeness (QED) is 0.783. The summed E-state index contributed by atoms with van der Waals surface area (Å²) in [4.78, 5) is 4.21. The summed E-state index contributed by atoms with van der Waals surface area (Å²) in [7, 11) is 0. The van der Waals surface area contributed by atoms with Crippen molar-refractivity contribution in [3.05, 3.63) is 24.4 Å². The van der Waals surface area contributed by atoms with E-state index in [1.54, 1.807) is 6.08 Å². The molecule has 1 fully saturated rings. The highest BCUT2D eigenvalue weighted by atomic mass is 35.5. The van der Waals surface area contributed by atoms with Crippen molar-refractivity contribution in [3.63, 3.8) is 0 Å². The van der Waals surface area contributed by atoms with Gasteiger partial charge in [0.2, 0.25) is 0 Å². The van der Waals surface area contributed by atoms with Gasteiger partial charge in [0.15, 0.2) is 5.82 Å². The number of ether oxygens (including phenoxy) is 1. The van der Waals surface area contributed by atoms with Gasteiger partial charge in [-0.1, -0.05) is 11.2 Å². The Morgan fingerprint density at radius 3 is 3.13 bits per heavy atom. The fraction of sp³-hybridized carbons (Fsp3) is 0.556. The highest BCUT2D eigenvalue weighted by molar-refractivity contribution is 5.85. The van der Waals surface area contributed by atoms with Crippen LogP contribution in [0.4, 0.5) is 0 Å². The van der Waals surface area contributed by atoms with E-state index >= 15 is 0 Å². The van der Waals surface area contributed by atoms with Crippen molar-refractivity contribution in [2.45, 2.75) is 12.5 Å². The van der Waals surface area contributed by atoms with Crippen LogP contribution in [-0.4, -0.2) is 29.8 Å². The maximum Gasteiger partial charge on any atom is 0.257 e. The van der Waals surface area contributed by atoms with Gasteiger partial charge in [-0.25, -0.2) is 0 Å². The second kappa shape index (κ2) is 5.85. The van der Waals surface area contributed by atoms with E-state index in [0.717, 1.165) is 13.1 Å². The molecule has 1 aliphatic heterocycles. The molecule has 0 radical (unpaired) electrons. The molecule has 6 heteroatoms. The molecule has 1 atom stereocenters. The van der Waals surface area contributed by atoms with Gasteiger partial charge >= 0.3 is 0 Å². The average molecular weight is 232 g/mol. The Kier molecular flexibility index (Phi) is 4.74. The van der Waals surface area contributed by atoms with E-state index in [-0.39, 0.29) is 18.5 Å². The highest BCUT2D eigenvalue weighted by Gasteiger charge is 2.21. The van der Waals surface area contributed by atoms with Crippen molar-refractivity contribution in [2.24, 2.45) is 0 Å². The molecule has 0 aliphatic carbocycles. The van der Waals surface area contributed by atoms with Crippen molar-refractivity contribution in [1.29, 1.82) is 0 Å². The van der Waals surface area contributed by atoms with Crippen LogP contribution in [0.15, 0.2) is 17.2 Å². The lowest BCUT2D eigenvalue weighted by molar-refractivity contribution is 0.00755. The molecule has 0 amide bonds. The molecule has 0 bridgehead atoms. The fourth-order valence-corrected chi connectivity index (χ4v) is 1.33. The van der Waals surface area contributed by atoms with E-state index in [0.29, 0.717) is 24.7 Å². The summed E-state index contributed by atoms with van der Waals surface area (Å²) < 4.78 is 10.6. The molecule has 1 unspecified atom stereocenters. The van der Waals surface area contributed by atoms with Crippen molar-refractivity contribution in [2.75, 3.05) is 19.7 Å². The van der Waals surface area contributed by atoms with Gasteiger partial charge in [-0.2, -0.15) is 4.98 Å². The minimum absolute atomic E-state index is 0. The molecule has 2 heterocycles. The smallest absolute Gasteiger partial charge is 0.257 e. The van der Waals surface area contributed by atoms with Crippen LogP contribution in [0.1, 0.15) is 17.8 Å². The molecule has 1 aromatic heterocycles. The third-order valence-corrected chi connectivity index (χ3v) is 2.01. The van der Waals surface area contributed by atoms with Gasteiger partial charge in [-0.3, -0.25) is 0 Å². The van der Waals surface area contributed by atoms with Gasteiger partial charge in [0.05, 0.1) is 6.61 Å². The Bertz CT molecular complexity index is 310. The van der Waals surface area contributed by atoms with Crippen LogP contribution in [-0.2, 0) is 11.2 Å². The number of hydrogen-bond donors (Lipinski definition) is 1. The van der Waals surface area contributed by atoms with Crippen LogP contribution < -0.4 is 5.32 Å². The third kappa shape index (κ3) is 3.02. The minimum atomic E-state index is -0.102. The Morgan fingerprint density at radius 2 is 2.47 bits per heavy atom. The van der Waals surface area contributed by atoms with E-state index < -0.39 is 0 Å². The lowest BCUT2D eigenvalue weighted by Crippen LogP contribution is -2.33. The second-order valence-electron chi connectivity index (χ2n) is 3.11. The number of nitrogens with zero attached hydrogens (tertiary/aromatic N) is 2. The predicted molar refractivity (Wildman–Crippen MR) is 57.0 cm³/mol. The van der Waals surface area contributed by atoms with Crippen LogP contribution in [0.25, 0.3) is 0 Å². The summed E-state index contributed by atoms with van der Waals surface area (Å²) in [5.74, 6) is 1.21. The summed E-state index contributed by atoms with van der Waals surface area (Å²) in [6.45, 7) is 5.91. The Morgan fingerprint density at radius 1 is 1.60 bits per heavy atom. The number of morpholine rings is 1. The molecule has 15 heavy (non-hydrogen) atoms. The lowest BCUT2D eigenvalue weighted by atomic mass is 10.3. The molecular weight excluding hydrogens is 218 g/mol. The number of rotatable bonds is 3. The van der Waals surface area contributed by atoms with Crippen LogP contribution in [0.2, 0.25) is 0 Å². The number of allylic oxidation sites excluding steroid dienone is 1. The van der Waals surface area contributed by atoms with E-state index in [1.807, 2.05) is 0 Å². The van der Waals surface area contributed by atoms with Gasteiger partial charge in [0.25, 0.3) is 5.89 Å². The Hall–Kier alpha value is -0.910. The number of aromatic nitrogens is 2. The van der Waals surface area contributed by atoms with E-state index in [9.17, 15) is 0 Å². The van der Waals surface area contributed by atoms with Gasteiger partial charge in [0, 0.05) is 19.5 Å². The van der Waals surface area contributed by atoms with Gasteiger partial charge in [-0.05, 0) is 0 Å². The fourth-order valence-electron chi connectivity index (χ4n) is 1.33. The molecule has 2 rings (SSSR count). The molecule has 1 N–H and O–H groups in total. The largest absolute Gasteiger partial charge is 0.366 e. The Labute approximate surface area is 94.3 Å². The topological polar surface area (TPSA) is 60.2 Å². The molecule has 0 saturated carbocycles. The summed E-state index contributed by atoms with van der Waals surface area (Å²) in [6, 6.07) is 0. The van der Waals surface area contributed by atoms with Crippen LogP contribution >= 0.6 is 12.4 Å². The SMILES string of the molecule is C=CCc1noc(C2CNCCO2)n1.Cl. The first-order chi connectivity index (χ1) is 6.90. The zero-order valence-corrected chi connectivity index (χ0v) is 9.13. The van der Waals surface area contributed by atoms with Crippen LogP contribution in [0.5, 0.6) is 0 Å².